The first-order valence-corrected chi connectivity index (χ1v) is 17.0. The van der Waals surface area contributed by atoms with Gasteiger partial charge in [-0.3, -0.25) is 0 Å². The number of epoxide rings is 3. The molecule has 3 heterocycles. The molecule has 3 aliphatic heterocycles. The summed E-state index contributed by atoms with van der Waals surface area (Å²) in [6.07, 6.45) is -0.634. The Morgan fingerprint density at radius 3 is 1.77 bits per heavy atom. The Bertz CT molecular complexity index is 1090. The Morgan fingerprint density at radius 2 is 1.27 bits per heavy atom. The van der Waals surface area contributed by atoms with Gasteiger partial charge in [0.15, 0.2) is 0 Å². The second kappa shape index (κ2) is 17.2. The zero-order valence-electron chi connectivity index (χ0n) is 25.0. The van der Waals surface area contributed by atoms with Crippen LogP contribution in [0.15, 0.2) is 48.5 Å². The van der Waals surface area contributed by atoms with Gasteiger partial charge in [-0.25, -0.2) is 0 Å². The van der Waals surface area contributed by atoms with Crippen molar-refractivity contribution in [1.29, 1.82) is 0 Å². The second-order valence-corrected chi connectivity index (χ2v) is 14.4. The predicted octanol–water partition coefficient (Wildman–Crippen LogP) is -1.34. The molecule has 3 aliphatic rings. The van der Waals surface area contributed by atoms with E-state index < -0.39 is 17.5 Å². The standard InChI is InChI=1S/C32H42IO11/c1-23-2-4-24(5-3-23)33-25-6-8-27(9-7-25)43-18-31(35)44-11-26(34)10-36-19-32(20-37-12-28-15-40-28,21-38-13-29-16-41-29)22-39-14-30-17-42-30/h2-9,26,28-30,34H,10-22H2,1H3/q-1. The number of benzene rings is 2. The van der Waals surface area contributed by atoms with Crippen LogP contribution in [0.5, 0.6) is 5.75 Å². The third kappa shape index (κ3) is 12.9. The molecular weight excluding hydrogens is 687 g/mol. The van der Waals surface area contributed by atoms with Gasteiger partial charge >= 0.3 is 151 Å². The van der Waals surface area contributed by atoms with Crippen LogP contribution in [0.2, 0.25) is 0 Å². The fourth-order valence-corrected chi connectivity index (χ4v) is 6.27. The first-order valence-electron chi connectivity index (χ1n) is 14.9. The quantitative estimate of drug-likeness (QED) is 0.0829. The van der Waals surface area contributed by atoms with Gasteiger partial charge in [-0.15, -0.1) is 0 Å². The number of hydrogen-bond acceptors (Lipinski definition) is 11. The van der Waals surface area contributed by atoms with Crippen molar-refractivity contribution >= 4 is 5.97 Å². The number of hydrogen-bond donors (Lipinski definition) is 1. The Labute approximate surface area is 268 Å². The van der Waals surface area contributed by atoms with Gasteiger partial charge in [0.1, 0.15) is 18.3 Å². The SMILES string of the molecule is Cc1ccc([I-]c2ccc(OCC(=O)OCC(O)COCC(COCC3CO3)(COCC3CO3)COCC3CO3)cc2)cc1. The molecule has 244 valence electrons. The van der Waals surface area contributed by atoms with Crippen molar-refractivity contribution in [3.05, 3.63) is 61.2 Å². The Morgan fingerprint density at radius 1 is 0.795 bits per heavy atom. The molecule has 2 aromatic carbocycles. The summed E-state index contributed by atoms with van der Waals surface area (Å²) in [6.45, 7) is 6.35. The summed E-state index contributed by atoms with van der Waals surface area (Å²) in [6, 6.07) is 16.3. The normalized spacial score (nSPS) is 22.3. The monoisotopic (exact) mass is 729 g/mol. The van der Waals surface area contributed by atoms with E-state index in [9.17, 15) is 9.90 Å². The molecule has 0 saturated carbocycles. The molecule has 44 heavy (non-hydrogen) atoms. The van der Waals surface area contributed by atoms with E-state index in [-0.39, 0.29) is 65.9 Å². The molecule has 4 atom stereocenters. The van der Waals surface area contributed by atoms with Crippen LogP contribution in [-0.2, 0) is 42.7 Å². The van der Waals surface area contributed by atoms with Crippen LogP contribution < -0.4 is 25.9 Å². The third-order valence-corrected chi connectivity index (χ3v) is 9.58. The van der Waals surface area contributed by atoms with E-state index in [2.05, 4.69) is 31.2 Å². The van der Waals surface area contributed by atoms with Crippen molar-refractivity contribution in [2.75, 3.05) is 85.9 Å². The summed E-state index contributed by atoms with van der Waals surface area (Å²) >= 11 is -0.280. The first kappa shape index (κ1) is 33.5. The molecule has 0 spiro atoms. The molecule has 11 nitrogen and oxygen atoms in total. The van der Waals surface area contributed by atoms with E-state index in [1.54, 1.807) is 0 Å². The van der Waals surface area contributed by atoms with Crippen LogP contribution in [0.1, 0.15) is 5.56 Å². The van der Waals surface area contributed by atoms with Crippen LogP contribution in [0.25, 0.3) is 0 Å². The van der Waals surface area contributed by atoms with E-state index in [0.29, 0.717) is 65.2 Å². The number of aryl methyl sites for hydroxylation is 1. The minimum absolute atomic E-state index is 0.0371. The molecule has 0 amide bonds. The number of halogens is 1. The van der Waals surface area contributed by atoms with Crippen LogP contribution in [0.4, 0.5) is 0 Å². The van der Waals surface area contributed by atoms with Gasteiger partial charge < -0.3 is 28.4 Å². The maximum absolute atomic E-state index is 12.3. The zero-order valence-corrected chi connectivity index (χ0v) is 27.2. The summed E-state index contributed by atoms with van der Waals surface area (Å²) in [5, 5.41) is 10.4. The van der Waals surface area contributed by atoms with Crippen molar-refractivity contribution in [1.82, 2.24) is 0 Å². The van der Waals surface area contributed by atoms with Crippen molar-refractivity contribution in [2.24, 2.45) is 5.41 Å². The fraction of sp³-hybridized carbons (Fsp3) is 0.594. The van der Waals surface area contributed by atoms with Gasteiger partial charge in [0.05, 0.1) is 71.5 Å². The number of aliphatic hydroxyl groups excluding tert-OH is 1. The number of aliphatic hydroxyl groups is 1. The zero-order chi connectivity index (χ0) is 30.6. The Kier molecular flexibility index (Phi) is 13.1. The first-order chi connectivity index (χ1) is 21.4. The van der Waals surface area contributed by atoms with Gasteiger partial charge in [0, 0.05) is 0 Å². The summed E-state index contributed by atoms with van der Waals surface area (Å²) in [5.41, 5.74) is 0.637. The summed E-state index contributed by atoms with van der Waals surface area (Å²) < 4.78 is 52.9. The van der Waals surface area contributed by atoms with Gasteiger partial charge in [0.2, 0.25) is 0 Å². The fourth-order valence-electron chi connectivity index (χ4n) is 4.11. The second-order valence-electron chi connectivity index (χ2n) is 11.4. The number of ether oxygens (including phenoxy) is 9. The van der Waals surface area contributed by atoms with Gasteiger partial charge in [-0.2, -0.15) is 0 Å². The molecule has 0 radical (unpaired) electrons. The molecule has 0 aromatic heterocycles. The van der Waals surface area contributed by atoms with Crippen molar-refractivity contribution < 1.29 is 73.7 Å². The Hall–Kier alpha value is -1.88. The van der Waals surface area contributed by atoms with E-state index in [1.807, 2.05) is 24.3 Å². The van der Waals surface area contributed by atoms with Crippen molar-refractivity contribution in [3.8, 4) is 5.75 Å². The van der Waals surface area contributed by atoms with Crippen LogP contribution in [0.3, 0.4) is 0 Å². The average Bonchev–Trinajstić information content (AvgIpc) is 3.85. The number of carbonyl (C=O) groups excluding carboxylic acids is 1. The topological polar surface area (TPSA) is 130 Å². The Balaban J connectivity index is 1.01. The predicted molar refractivity (Wildman–Crippen MR) is 152 cm³/mol. The van der Waals surface area contributed by atoms with Gasteiger partial charge in [0.25, 0.3) is 0 Å². The molecule has 2 aromatic rings. The maximum atomic E-state index is 12.3. The van der Waals surface area contributed by atoms with Crippen LogP contribution in [0, 0.1) is 19.5 Å². The van der Waals surface area contributed by atoms with E-state index in [1.165, 1.54) is 12.7 Å². The van der Waals surface area contributed by atoms with Crippen molar-refractivity contribution in [2.45, 2.75) is 31.3 Å². The van der Waals surface area contributed by atoms with E-state index in [4.69, 9.17) is 42.6 Å². The van der Waals surface area contributed by atoms with Crippen LogP contribution in [-0.4, -0.2) is 121 Å². The molecule has 0 aliphatic carbocycles. The van der Waals surface area contributed by atoms with Gasteiger partial charge in [-0.1, -0.05) is 0 Å². The molecular formula is C32H42IO11-. The van der Waals surface area contributed by atoms with Gasteiger partial charge in [-0.05, 0) is 0 Å². The number of carbonyl (C=O) groups is 1. The molecule has 4 unspecified atom stereocenters. The third-order valence-electron chi connectivity index (χ3n) is 6.90. The number of esters is 1. The average molecular weight is 730 g/mol. The molecule has 3 saturated heterocycles. The molecule has 3 fully saturated rings. The minimum atomic E-state index is -1.01. The molecule has 5 rings (SSSR count). The van der Waals surface area contributed by atoms with E-state index in [0.717, 1.165) is 0 Å². The summed E-state index contributed by atoms with van der Waals surface area (Å²) in [5.74, 6) is 0.0110. The molecule has 12 heteroatoms. The summed E-state index contributed by atoms with van der Waals surface area (Å²) in [7, 11) is 0. The molecule has 0 bridgehead atoms. The van der Waals surface area contributed by atoms with Crippen molar-refractivity contribution in [3.63, 3.8) is 0 Å². The number of rotatable bonds is 23. The molecule has 1 N–H and O–H groups in total. The van der Waals surface area contributed by atoms with Crippen LogP contribution >= 0.6 is 0 Å². The van der Waals surface area contributed by atoms with E-state index >= 15 is 0 Å². The summed E-state index contributed by atoms with van der Waals surface area (Å²) in [4.78, 5) is 12.3.